The monoisotopic (exact) mass is 241 g/mol. The molecule has 17 heavy (non-hydrogen) atoms. The molecule has 1 heterocycles. The first-order valence-electron chi connectivity index (χ1n) is 5.83. The summed E-state index contributed by atoms with van der Waals surface area (Å²) in [4.78, 5) is 35.5. The highest BCUT2D eigenvalue weighted by Gasteiger charge is 2.22. The summed E-state index contributed by atoms with van der Waals surface area (Å²) in [5.41, 5.74) is 0. The van der Waals surface area contributed by atoms with Crippen LogP contribution in [0.4, 0.5) is 0 Å². The molecule has 6 heteroatoms. The summed E-state index contributed by atoms with van der Waals surface area (Å²) in [6.45, 7) is 4.34. The van der Waals surface area contributed by atoms with Crippen LogP contribution in [0.3, 0.4) is 0 Å². The highest BCUT2D eigenvalue weighted by atomic mass is 16.2. The first kappa shape index (κ1) is 13.5. The van der Waals surface area contributed by atoms with Crippen LogP contribution in [-0.2, 0) is 14.4 Å². The molecular weight excluding hydrogens is 222 g/mol. The summed E-state index contributed by atoms with van der Waals surface area (Å²) in [6, 6.07) is 0.0551. The van der Waals surface area contributed by atoms with Crippen molar-refractivity contribution in [1.29, 1.82) is 0 Å². The molecule has 3 amide bonds. The minimum atomic E-state index is -0.292. The van der Waals surface area contributed by atoms with Crippen molar-refractivity contribution in [3.05, 3.63) is 0 Å². The molecule has 1 fully saturated rings. The Bertz CT molecular complexity index is 315. The lowest BCUT2D eigenvalue weighted by Crippen LogP contribution is -2.43. The van der Waals surface area contributed by atoms with Gasteiger partial charge in [-0.05, 0) is 20.3 Å². The predicted molar refractivity (Wildman–Crippen MR) is 62.1 cm³/mol. The Morgan fingerprint density at radius 1 is 1.35 bits per heavy atom. The maximum absolute atomic E-state index is 11.4. The fourth-order valence-electron chi connectivity index (χ4n) is 1.65. The molecule has 1 saturated heterocycles. The van der Waals surface area contributed by atoms with Gasteiger partial charge in [0.25, 0.3) is 0 Å². The van der Waals surface area contributed by atoms with Gasteiger partial charge in [-0.2, -0.15) is 0 Å². The van der Waals surface area contributed by atoms with E-state index in [9.17, 15) is 14.4 Å². The Morgan fingerprint density at radius 3 is 2.59 bits per heavy atom. The molecule has 0 aromatic heterocycles. The van der Waals surface area contributed by atoms with Crippen molar-refractivity contribution in [3.8, 4) is 0 Å². The van der Waals surface area contributed by atoms with Gasteiger partial charge in [0, 0.05) is 19.0 Å². The molecule has 1 aliphatic heterocycles. The molecule has 0 aromatic carbocycles. The molecule has 0 aromatic rings. The van der Waals surface area contributed by atoms with E-state index in [-0.39, 0.29) is 36.9 Å². The van der Waals surface area contributed by atoms with Crippen LogP contribution < -0.4 is 10.6 Å². The number of carbonyl (C=O) groups is 3. The van der Waals surface area contributed by atoms with Crippen LogP contribution in [0.2, 0.25) is 0 Å². The Kier molecular flexibility index (Phi) is 4.93. The largest absolute Gasteiger partial charge is 0.352 e. The van der Waals surface area contributed by atoms with E-state index in [0.29, 0.717) is 13.0 Å². The zero-order valence-corrected chi connectivity index (χ0v) is 10.3. The summed E-state index contributed by atoms with van der Waals surface area (Å²) in [6.07, 6.45) is 1.32. The van der Waals surface area contributed by atoms with Crippen LogP contribution in [0.1, 0.15) is 26.7 Å². The zero-order chi connectivity index (χ0) is 12.8. The number of nitrogens with one attached hydrogen (secondary N) is 2. The molecule has 0 bridgehead atoms. The predicted octanol–water partition coefficient (Wildman–Crippen LogP) is -0.750. The van der Waals surface area contributed by atoms with Gasteiger partial charge in [0.15, 0.2) is 0 Å². The lowest BCUT2D eigenvalue weighted by atomic mass is 10.4. The number of rotatable bonds is 5. The second-order valence-corrected chi connectivity index (χ2v) is 4.42. The minimum absolute atomic E-state index is 0.00628. The van der Waals surface area contributed by atoms with Crippen molar-refractivity contribution in [2.75, 3.05) is 19.6 Å². The topological polar surface area (TPSA) is 78.5 Å². The van der Waals surface area contributed by atoms with E-state index in [2.05, 4.69) is 10.6 Å². The lowest BCUT2D eigenvalue weighted by molar-refractivity contribution is -0.133. The van der Waals surface area contributed by atoms with Crippen molar-refractivity contribution < 1.29 is 14.4 Å². The quantitative estimate of drug-likeness (QED) is 0.664. The van der Waals surface area contributed by atoms with E-state index < -0.39 is 0 Å². The van der Waals surface area contributed by atoms with E-state index in [1.165, 1.54) is 4.90 Å². The molecule has 96 valence electrons. The van der Waals surface area contributed by atoms with E-state index in [1.54, 1.807) is 0 Å². The van der Waals surface area contributed by atoms with Crippen LogP contribution in [0.5, 0.6) is 0 Å². The second kappa shape index (κ2) is 6.22. The molecule has 2 N–H and O–H groups in total. The first-order chi connectivity index (χ1) is 7.99. The van der Waals surface area contributed by atoms with Gasteiger partial charge >= 0.3 is 0 Å². The third kappa shape index (κ3) is 4.84. The van der Waals surface area contributed by atoms with Crippen molar-refractivity contribution in [1.82, 2.24) is 15.5 Å². The third-order valence-electron chi connectivity index (χ3n) is 2.40. The normalized spacial score (nSPS) is 15.2. The average molecular weight is 241 g/mol. The molecule has 0 unspecified atom stereocenters. The maximum Gasteiger partial charge on any atom is 0.240 e. The molecule has 0 radical (unpaired) electrons. The minimum Gasteiger partial charge on any atom is -0.352 e. The van der Waals surface area contributed by atoms with E-state index >= 15 is 0 Å². The Hall–Kier alpha value is -1.59. The number of hydrogen-bond acceptors (Lipinski definition) is 3. The molecule has 1 aliphatic rings. The highest BCUT2D eigenvalue weighted by Crippen LogP contribution is 2.08. The van der Waals surface area contributed by atoms with E-state index in [1.807, 2.05) is 13.8 Å². The van der Waals surface area contributed by atoms with Gasteiger partial charge in [-0.15, -0.1) is 0 Å². The smallest absolute Gasteiger partial charge is 0.240 e. The Labute approximate surface area is 101 Å². The fraction of sp³-hybridized carbons (Fsp3) is 0.727. The molecule has 0 atom stereocenters. The van der Waals surface area contributed by atoms with Crippen LogP contribution in [0, 0.1) is 0 Å². The van der Waals surface area contributed by atoms with E-state index in [0.717, 1.165) is 6.42 Å². The van der Waals surface area contributed by atoms with Crippen molar-refractivity contribution in [3.63, 3.8) is 0 Å². The van der Waals surface area contributed by atoms with Crippen LogP contribution >= 0.6 is 0 Å². The number of nitrogens with zero attached hydrogens (tertiary/aromatic N) is 1. The third-order valence-corrected chi connectivity index (χ3v) is 2.40. The standard InChI is InChI=1S/C11H19N3O3/c1-8(2)13-9(15)6-12-10(16)7-14-5-3-4-11(14)17/h8H,3-7H2,1-2H3,(H,12,16)(H,13,15). The summed E-state index contributed by atoms with van der Waals surface area (Å²) < 4.78 is 0. The van der Waals surface area contributed by atoms with Gasteiger partial charge in [-0.25, -0.2) is 0 Å². The van der Waals surface area contributed by atoms with Gasteiger partial charge in [-0.1, -0.05) is 0 Å². The van der Waals surface area contributed by atoms with E-state index in [4.69, 9.17) is 0 Å². The van der Waals surface area contributed by atoms with Gasteiger partial charge in [0.05, 0.1) is 13.1 Å². The van der Waals surface area contributed by atoms with Crippen molar-refractivity contribution in [2.24, 2.45) is 0 Å². The van der Waals surface area contributed by atoms with Crippen molar-refractivity contribution in [2.45, 2.75) is 32.7 Å². The Balaban J connectivity index is 2.21. The fourth-order valence-corrected chi connectivity index (χ4v) is 1.65. The zero-order valence-electron chi connectivity index (χ0n) is 10.3. The second-order valence-electron chi connectivity index (χ2n) is 4.42. The summed E-state index contributed by atoms with van der Waals surface area (Å²) in [5, 5.41) is 5.16. The van der Waals surface area contributed by atoms with Gasteiger partial charge in [0.2, 0.25) is 17.7 Å². The highest BCUT2D eigenvalue weighted by molar-refractivity contribution is 5.88. The summed E-state index contributed by atoms with van der Waals surface area (Å²) in [7, 11) is 0. The van der Waals surface area contributed by atoms with Gasteiger partial charge < -0.3 is 15.5 Å². The van der Waals surface area contributed by atoms with Crippen molar-refractivity contribution >= 4 is 17.7 Å². The van der Waals surface area contributed by atoms with Gasteiger partial charge in [-0.3, -0.25) is 14.4 Å². The van der Waals surface area contributed by atoms with Crippen LogP contribution in [0.15, 0.2) is 0 Å². The number of likely N-dealkylation sites (tertiary alicyclic amines) is 1. The molecule has 1 rings (SSSR count). The molecule has 0 saturated carbocycles. The number of carbonyl (C=O) groups excluding carboxylic acids is 3. The number of hydrogen-bond donors (Lipinski definition) is 2. The lowest BCUT2D eigenvalue weighted by Gasteiger charge is -2.15. The summed E-state index contributed by atoms with van der Waals surface area (Å²) in [5.74, 6) is -0.507. The van der Waals surface area contributed by atoms with Gasteiger partial charge in [0.1, 0.15) is 0 Å². The van der Waals surface area contributed by atoms with Crippen LogP contribution in [0.25, 0.3) is 0 Å². The average Bonchev–Trinajstić information content (AvgIpc) is 2.61. The Morgan fingerprint density at radius 2 is 2.06 bits per heavy atom. The summed E-state index contributed by atoms with van der Waals surface area (Å²) >= 11 is 0. The molecule has 6 nitrogen and oxygen atoms in total. The molecular formula is C11H19N3O3. The van der Waals surface area contributed by atoms with Crippen LogP contribution in [-0.4, -0.2) is 48.3 Å². The maximum atomic E-state index is 11.4. The molecule has 0 aliphatic carbocycles. The SMILES string of the molecule is CC(C)NC(=O)CNC(=O)CN1CCCC1=O. The first-order valence-corrected chi connectivity index (χ1v) is 5.83. The molecule has 0 spiro atoms. The number of amides is 3.